The van der Waals surface area contributed by atoms with Crippen molar-refractivity contribution in [3.63, 3.8) is 0 Å². The van der Waals surface area contributed by atoms with Gasteiger partial charge in [0.05, 0.1) is 13.2 Å². The Bertz CT molecular complexity index is 1860. The second-order valence-corrected chi connectivity index (χ2v) is 19.0. The Labute approximate surface area is 393 Å². The zero-order valence-electron chi connectivity index (χ0n) is 43.1. The van der Waals surface area contributed by atoms with Crippen molar-refractivity contribution >= 4 is 0 Å². The van der Waals surface area contributed by atoms with Crippen LogP contribution in [0.4, 0.5) is 0 Å². The molecule has 0 aliphatic carbocycles. The number of rotatable bonds is 32. The molecule has 358 valence electrons. The number of phenols is 2. The highest BCUT2D eigenvalue weighted by molar-refractivity contribution is 5.58. The summed E-state index contributed by atoms with van der Waals surface area (Å²) in [5, 5.41) is 40.4. The second kappa shape index (κ2) is 34.5. The molecule has 0 aliphatic heterocycles. The number of aromatic hydroxyl groups is 2. The van der Waals surface area contributed by atoms with Gasteiger partial charge in [0.1, 0.15) is 11.5 Å². The van der Waals surface area contributed by atoms with Gasteiger partial charge in [-0.15, -0.1) is 0 Å². The highest BCUT2D eigenvalue weighted by atomic mass is 16.3. The SMILES string of the molecule is CC/C(C)=C/CC/C(C)=C/CC/C(C)=C/CC/C(C)=C/CC/C(C)=C/CC/C(C)=C/CC/C(C)=C/CC/C(C)=C/CC/C(C)=C/CC/C(C)=C/Cc1c(C)c(O)c(CO)c(CO)c1O. The molecule has 0 aromatic heterocycles. The molecule has 4 N–H and O–H groups in total. The van der Waals surface area contributed by atoms with Crippen LogP contribution in [0.5, 0.6) is 11.5 Å². The van der Waals surface area contributed by atoms with E-state index < -0.39 is 13.2 Å². The van der Waals surface area contributed by atoms with Crippen molar-refractivity contribution in [2.45, 2.75) is 225 Å². The number of benzene rings is 1. The monoisotopic (exact) mass is 879 g/mol. The minimum atomic E-state index is -0.437. The van der Waals surface area contributed by atoms with Gasteiger partial charge < -0.3 is 20.4 Å². The van der Waals surface area contributed by atoms with Crippen LogP contribution in [-0.4, -0.2) is 20.4 Å². The molecule has 0 saturated carbocycles. The summed E-state index contributed by atoms with van der Waals surface area (Å²) in [7, 11) is 0. The molecule has 0 unspecified atom stereocenters. The Morgan fingerprint density at radius 3 is 0.781 bits per heavy atom. The van der Waals surface area contributed by atoms with Gasteiger partial charge in [0.15, 0.2) is 0 Å². The fourth-order valence-electron chi connectivity index (χ4n) is 7.86. The van der Waals surface area contributed by atoms with Crippen molar-refractivity contribution in [3.05, 3.63) is 139 Å². The topological polar surface area (TPSA) is 80.9 Å². The first-order chi connectivity index (χ1) is 30.5. The van der Waals surface area contributed by atoms with E-state index in [2.05, 4.69) is 137 Å². The molecular weight excluding hydrogens is 785 g/mol. The molecule has 1 rings (SSSR count). The zero-order valence-corrected chi connectivity index (χ0v) is 43.1. The predicted molar refractivity (Wildman–Crippen MR) is 281 cm³/mol. The molecule has 0 spiro atoms. The van der Waals surface area contributed by atoms with E-state index in [4.69, 9.17) is 0 Å². The van der Waals surface area contributed by atoms with Crippen LogP contribution in [0.15, 0.2) is 116 Å². The van der Waals surface area contributed by atoms with E-state index in [9.17, 15) is 20.4 Å². The number of hydrogen-bond acceptors (Lipinski definition) is 4. The first-order valence-electron chi connectivity index (χ1n) is 24.9. The number of aliphatic hydroxyl groups is 2. The van der Waals surface area contributed by atoms with E-state index in [1.165, 1.54) is 81.4 Å². The predicted octanol–water partition coefficient (Wildman–Crippen LogP) is 17.8. The summed E-state index contributed by atoms with van der Waals surface area (Å²) in [6.45, 7) is 25.6. The Morgan fingerprint density at radius 1 is 0.328 bits per heavy atom. The lowest BCUT2D eigenvalue weighted by Gasteiger charge is -2.17. The average Bonchev–Trinajstić information content (AvgIpc) is 3.24. The normalized spacial score (nSPS) is 14.7. The third-order valence-electron chi connectivity index (χ3n) is 12.8. The molecule has 1 aromatic rings. The van der Waals surface area contributed by atoms with Gasteiger partial charge in [0, 0.05) is 16.7 Å². The molecule has 0 bridgehead atoms. The molecule has 0 amide bonds. The average molecular weight is 879 g/mol. The first kappa shape index (κ1) is 58.2. The maximum Gasteiger partial charge on any atom is 0.125 e. The van der Waals surface area contributed by atoms with Crippen LogP contribution in [0.25, 0.3) is 0 Å². The van der Waals surface area contributed by atoms with Gasteiger partial charge in [0.25, 0.3) is 0 Å². The molecule has 0 atom stereocenters. The van der Waals surface area contributed by atoms with Crippen molar-refractivity contribution in [1.82, 2.24) is 0 Å². The maximum atomic E-state index is 10.7. The lowest BCUT2D eigenvalue weighted by atomic mass is 9.93. The van der Waals surface area contributed by atoms with Crippen LogP contribution in [-0.2, 0) is 19.6 Å². The van der Waals surface area contributed by atoms with Crippen molar-refractivity contribution in [1.29, 1.82) is 0 Å². The standard InChI is InChI=1S/C60H94O4/c1-13-45(2)23-14-24-46(3)25-15-26-47(4)27-16-28-48(5)29-17-30-49(6)31-18-32-50(7)33-19-34-51(8)35-20-36-52(9)37-21-38-53(10)39-22-40-54(11)41-42-56-55(12)59(63)57(43-61)58(44-62)60(56)64/h23,25,27,29,31,33,35,37,39,41,61-64H,13-22,24,26,28,30,32,34,36,38,40,42-44H2,1-12H3/b45-23+,46-25+,47-27+,48-29+,49-31+,50-33+,51-35+,52-37+,53-39+,54-41+. The van der Waals surface area contributed by atoms with Gasteiger partial charge in [-0.1, -0.05) is 123 Å². The van der Waals surface area contributed by atoms with E-state index >= 15 is 0 Å². The minimum Gasteiger partial charge on any atom is -0.507 e. The highest BCUT2D eigenvalue weighted by Crippen LogP contribution is 2.38. The quantitative estimate of drug-likeness (QED) is 0.0429. The number of hydrogen-bond donors (Lipinski definition) is 4. The second-order valence-electron chi connectivity index (χ2n) is 19.0. The van der Waals surface area contributed by atoms with Gasteiger partial charge in [-0.2, -0.15) is 0 Å². The van der Waals surface area contributed by atoms with Crippen LogP contribution >= 0.6 is 0 Å². The lowest BCUT2D eigenvalue weighted by molar-refractivity contribution is 0.249. The van der Waals surface area contributed by atoms with Crippen LogP contribution in [0, 0.1) is 6.92 Å². The van der Waals surface area contributed by atoms with Crippen molar-refractivity contribution in [3.8, 4) is 11.5 Å². The summed E-state index contributed by atoms with van der Waals surface area (Å²) in [4.78, 5) is 0. The van der Waals surface area contributed by atoms with Gasteiger partial charge in [-0.05, 0) is 210 Å². The molecule has 0 saturated heterocycles. The van der Waals surface area contributed by atoms with E-state index in [0.29, 0.717) is 17.5 Å². The smallest absolute Gasteiger partial charge is 0.125 e. The maximum absolute atomic E-state index is 10.7. The summed E-state index contributed by atoms with van der Waals surface area (Å²) in [6, 6.07) is 0. The van der Waals surface area contributed by atoms with Crippen molar-refractivity contribution in [2.24, 2.45) is 0 Å². The fraction of sp³-hybridized carbons (Fsp3) is 0.567. The summed E-state index contributed by atoms with van der Waals surface area (Å²) in [5.74, 6) is -0.0982. The molecule has 0 heterocycles. The van der Waals surface area contributed by atoms with Gasteiger partial charge >= 0.3 is 0 Å². The van der Waals surface area contributed by atoms with E-state index in [-0.39, 0.29) is 22.6 Å². The summed E-state index contributed by atoms with van der Waals surface area (Å²) in [6.07, 6.45) is 45.6. The largest absolute Gasteiger partial charge is 0.507 e. The number of allylic oxidation sites excluding steroid dienone is 20. The van der Waals surface area contributed by atoms with Gasteiger partial charge in [-0.25, -0.2) is 0 Å². The molecule has 64 heavy (non-hydrogen) atoms. The summed E-state index contributed by atoms with van der Waals surface area (Å²) < 4.78 is 0. The third-order valence-corrected chi connectivity index (χ3v) is 12.8. The fourth-order valence-corrected chi connectivity index (χ4v) is 7.86. The number of aliphatic hydroxyl groups excluding tert-OH is 2. The van der Waals surface area contributed by atoms with E-state index in [1.807, 2.05) is 0 Å². The van der Waals surface area contributed by atoms with Crippen LogP contribution < -0.4 is 0 Å². The van der Waals surface area contributed by atoms with Crippen LogP contribution in [0.3, 0.4) is 0 Å². The van der Waals surface area contributed by atoms with Gasteiger partial charge in [0.2, 0.25) is 0 Å². The molecule has 0 radical (unpaired) electrons. The molecule has 0 fully saturated rings. The van der Waals surface area contributed by atoms with E-state index in [0.717, 1.165) is 96.3 Å². The van der Waals surface area contributed by atoms with Crippen LogP contribution in [0.1, 0.15) is 220 Å². The first-order valence-corrected chi connectivity index (χ1v) is 24.9. The van der Waals surface area contributed by atoms with E-state index in [1.54, 1.807) is 6.92 Å². The molecule has 1 aromatic carbocycles. The van der Waals surface area contributed by atoms with Crippen molar-refractivity contribution < 1.29 is 20.4 Å². The lowest BCUT2D eigenvalue weighted by Crippen LogP contribution is -2.02. The Balaban J connectivity index is 2.32. The van der Waals surface area contributed by atoms with Crippen LogP contribution in [0.2, 0.25) is 0 Å². The van der Waals surface area contributed by atoms with Gasteiger partial charge in [-0.3, -0.25) is 0 Å². The summed E-state index contributed by atoms with van der Waals surface area (Å²) in [5.41, 5.74) is 16.2. The highest BCUT2D eigenvalue weighted by Gasteiger charge is 2.19. The summed E-state index contributed by atoms with van der Waals surface area (Å²) >= 11 is 0. The molecule has 4 nitrogen and oxygen atoms in total. The minimum absolute atomic E-state index is 0.0419. The molecular formula is C60H94O4. The Kier molecular flexibility index (Phi) is 31.3. The Hall–Kier alpha value is -3.86. The molecule has 0 aliphatic rings. The Morgan fingerprint density at radius 2 is 0.547 bits per heavy atom. The molecule has 4 heteroatoms. The third kappa shape index (κ3) is 26.2. The van der Waals surface area contributed by atoms with Crippen molar-refractivity contribution in [2.75, 3.05) is 0 Å². The zero-order chi connectivity index (χ0) is 47.9.